The first-order valence-corrected chi connectivity index (χ1v) is 9.67. The van der Waals surface area contributed by atoms with Crippen LogP contribution in [-0.4, -0.2) is 66.2 Å². The number of likely N-dealkylation sites (tertiary alicyclic amines) is 2. The summed E-state index contributed by atoms with van der Waals surface area (Å²) >= 11 is 0. The average molecular weight is 363 g/mol. The number of rotatable bonds is 5. The second kappa shape index (κ2) is 8.46. The largest absolute Gasteiger partial charge is 0.380 e. The lowest BCUT2D eigenvalue weighted by Gasteiger charge is -2.37. The average Bonchev–Trinajstić information content (AvgIpc) is 2.66. The quantitative estimate of drug-likeness (QED) is 0.839. The van der Waals surface area contributed by atoms with E-state index in [2.05, 4.69) is 15.1 Å². The molecule has 2 aliphatic heterocycles. The molecule has 0 saturated carbocycles. The molecule has 2 heterocycles. The molecule has 0 aliphatic carbocycles. The third-order valence-electron chi connectivity index (χ3n) is 5.78. The van der Waals surface area contributed by atoms with Gasteiger partial charge in [0.05, 0.1) is 6.04 Å². The van der Waals surface area contributed by atoms with Gasteiger partial charge in [0.1, 0.15) is 11.4 Å². The minimum Gasteiger partial charge on any atom is -0.380 e. The lowest BCUT2D eigenvalue weighted by atomic mass is 9.90. The third kappa shape index (κ3) is 4.61. The number of nitrogens with one attached hydrogen (secondary N) is 1. The Bertz CT molecular complexity index is 594. The minimum atomic E-state index is -1.28. The number of nitrogens with zero attached hydrogens (tertiary/aromatic N) is 2. The van der Waals surface area contributed by atoms with E-state index in [0.29, 0.717) is 19.4 Å². The van der Waals surface area contributed by atoms with E-state index in [1.165, 1.54) is 18.6 Å². The van der Waals surface area contributed by atoms with Crippen LogP contribution in [0.4, 0.5) is 4.39 Å². The highest BCUT2D eigenvalue weighted by Crippen LogP contribution is 2.26. The maximum atomic E-state index is 13.3. The Morgan fingerprint density at radius 1 is 1.15 bits per heavy atom. The molecular formula is C20H30FN3O2. The molecule has 1 aromatic carbocycles. The molecule has 3 rings (SSSR count). The number of hydrogen-bond acceptors (Lipinski definition) is 4. The van der Waals surface area contributed by atoms with E-state index >= 15 is 0 Å². The molecule has 2 saturated heterocycles. The molecule has 2 N–H and O–H groups in total. The van der Waals surface area contributed by atoms with Crippen LogP contribution in [0, 0.1) is 5.82 Å². The fraction of sp³-hybridized carbons (Fsp3) is 0.650. The summed E-state index contributed by atoms with van der Waals surface area (Å²) < 4.78 is 13.3. The van der Waals surface area contributed by atoms with Crippen molar-refractivity contribution >= 4 is 5.91 Å². The van der Waals surface area contributed by atoms with Crippen molar-refractivity contribution in [3.8, 4) is 0 Å². The molecule has 2 aliphatic rings. The van der Waals surface area contributed by atoms with Gasteiger partial charge in [0.15, 0.2) is 0 Å². The second-order valence-corrected chi connectivity index (χ2v) is 7.71. The molecule has 6 heteroatoms. The summed E-state index contributed by atoms with van der Waals surface area (Å²) in [5, 5.41) is 13.7. The first kappa shape index (κ1) is 19.3. The Hall–Kier alpha value is -1.50. The first-order valence-electron chi connectivity index (χ1n) is 9.67. The van der Waals surface area contributed by atoms with Crippen molar-refractivity contribution in [2.75, 3.05) is 39.8 Å². The predicted octanol–water partition coefficient (Wildman–Crippen LogP) is 1.93. The molecule has 0 radical (unpaired) electrons. The summed E-state index contributed by atoms with van der Waals surface area (Å²) in [5.41, 5.74) is -0.272. The summed E-state index contributed by atoms with van der Waals surface area (Å²) in [6.07, 6.45) is 4.43. The molecule has 0 bridgehead atoms. The zero-order chi connectivity index (χ0) is 18.6. The van der Waals surface area contributed by atoms with Crippen LogP contribution in [0.15, 0.2) is 24.3 Å². The van der Waals surface area contributed by atoms with Gasteiger partial charge in [-0.05, 0) is 63.5 Å². The van der Waals surface area contributed by atoms with Crippen molar-refractivity contribution in [3.05, 3.63) is 35.6 Å². The molecular weight excluding hydrogens is 333 g/mol. The maximum absolute atomic E-state index is 13.3. The predicted molar refractivity (Wildman–Crippen MR) is 99.3 cm³/mol. The van der Waals surface area contributed by atoms with Gasteiger partial charge in [0, 0.05) is 19.6 Å². The van der Waals surface area contributed by atoms with Gasteiger partial charge in [-0.15, -0.1) is 0 Å². The number of hydrogen-bond donors (Lipinski definition) is 2. The second-order valence-electron chi connectivity index (χ2n) is 7.71. The molecule has 0 spiro atoms. The summed E-state index contributed by atoms with van der Waals surface area (Å²) in [5.74, 6) is -0.537. The molecule has 0 unspecified atom stereocenters. The van der Waals surface area contributed by atoms with Gasteiger partial charge in [-0.2, -0.15) is 0 Å². The molecule has 1 aromatic rings. The highest BCUT2D eigenvalue weighted by molar-refractivity contribution is 5.85. The maximum Gasteiger partial charge on any atom is 0.252 e. The van der Waals surface area contributed by atoms with Crippen LogP contribution in [-0.2, 0) is 4.79 Å². The monoisotopic (exact) mass is 363 g/mol. The summed E-state index contributed by atoms with van der Waals surface area (Å²) in [6, 6.07) is 6.54. The highest BCUT2D eigenvalue weighted by Gasteiger charge is 2.38. The Labute approximate surface area is 155 Å². The van der Waals surface area contributed by atoms with Crippen LogP contribution in [0.3, 0.4) is 0 Å². The van der Waals surface area contributed by atoms with Gasteiger partial charge in [-0.1, -0.05) is 18.6 Å². The zero-order valence-electron chi connectivity index (χ0n) is 15.6. The van der Waals surface area contributed by atoms with E-state index in [4.69, 9.17) is 0 Å². The Morgan fingerprint density at radius 2 is 1.77 bits per heavy atom. The molecule has 0 aromatic heterocycles. The van der Waals surface area contributed by atoms with Crippen molar-refractivity contribution in [2.24, 2.45) is 0 Å². The van der Waals surface area contributed by atoms with Crippen molar-refractivity contribution in [1.82, 2.24) is 15.1 Å². The first-order chi connectivity index (χ1) is 12.5. The van der Waals surface area contributed by atoms with Crippen LogP contribution >= 0.6 is 0 Å². The van der Waals surface area contributed by atoms with E-state index in [1.54, 1.807) is 12.1 Å². The van der Waals surface area contributed by atoms with E-state index in [-0.39, 0.29) is 17.8 Å². The summed E-state index contributed by atoms with van der Waals surface area (Å²) in [6.45, 7) is 3.83. The smallest absolute Gasteiger partial charge is 0.252 e. The molecule has 1 atom stereocenters. The van der Waals surface area contributed by atoms with E-state index in [9.17, 15) is 14.3 Å². The third-order valence-corrected chi connectivity index (χ3v) is 5.78. The number of carbonyl (C=O) groups is 1. The number of aliphatic hydroxyl groups is 1. The van der Waals surface area contributed by atoms with E-state index in [1.807, 2.05) is 7.05 Å². The molecule has 26 heavy (non-hydrogen) atoms. The van der Waals surface area contributed by atoms with Crippen molar-refractivity contribution in [3.63, 3.8) is 0 Å². The van der Waals surface area contributed by atoms with E-state index < -0.39 is 5.60 Å². The molecule has 5 nitrogen and oxygen atoms in total. The van der Waals surface area contributed by atoms with Gasteiger partial charge in [-0.3, -0.25) is 9.69 Å². The lowest BCUT2D eigenvalue weighted by molar-refractivity contribution is -0.144. The SMILES string of the molecule is CN1CCC(O)(C(=O)NC[C@@H](c2ccc(F)cc2)N2CCCCC2)CC1. The summed E-state index contributed by atoms with van der Waals surface area (Å²) in [4.78, 5) is 17.1. The summed E-state index contributed by atoms with van der Waals surface area (Å²) in [7, 11) is 2.00. The fourth-order valence-corrected chi connectivity index (χ4v) is 3.94. The number of carbonyl (C=O) groups excluding carboxylic acids is 1. The van der Waals surface area contributed by atoms with Gasteiger partial charge in [-0.25, -0.2) is 4.39 Å². The van der Waals surface area contributed by atoms with Crippen LogP contribution in [0.2, 0.25) is 0 Å². The molecule has 1 amide bonds. The van der Waals surface area contributed by atoms with Crippen LogP contribution in [0.25, 0.3) is 0 Å². The van der Waals surface area contributed by atoms with Gasteiger partial charge in [0.2, 0.25) is 0 Å². The number of piperidine rings is 2. The van der Waals surface area contributed by atoms with Crippen LogP contribution in [0.1, 0.15) is 43.7 Å². The van der Waals surface area contributed by atoms with Crippen LogP contribution in [0.5, 0.6) is 0 Å². The minimum absolute atomic E-state index is 0.00899. The Kier molecular flexibility index (Phi) is 6.27. The standard InChI is InChI=1S/C20H30FN3O2/c1-23-13-9-20(26,10-14-23)19(25)22-15-18(24-11-3-2-4-12-24)16-5-7-17(21)8-6-16/h5-8,18,26H,2-4,9-15H2,1H3,(H,22,25)/t18-/m0/s1. The number of amides is 1. The number of benzene rings is 1. The fourth-order valence-electron chi connectivity index (χ4n) is 3.94. The lowest BCUT2D eigenvalue weighted by Crippen LogP contribution is -2.54. The normalized spacial score (nSPS) is 22.7. The van der Waals surface area contributed by atoms with Gasteiger partial charge in [0.25, 0.3) is 5.91 Å². The van der Waals surface area contributed by atoms with Crippen molar-refractivity contribution in [2.45, 2.75) is 43.7 Å². The van der Waals surface area contributed by atoms with Crippen molar-refractivity contribution in [1.29, 1.82) is 0 Å². The number of halogens is 1. The Morgan fingerprint density at radius 3 is 2.38 bits per heavy atom. The molecule has 2 fully saturated rings. The Balaban J connectivity index is 1.67. The van der Waals surface area contributed by atoms with Gasteiger partial charge >= 0.3 is 0 Å². The van der Waals surface area contributed by atoms with Crippen molar-refractivity contribution < 1.29 is 14.3 Å². The van der Waals surface area contributed by atoms with Crippen LogP contribution < -0.4 is 5.32 Å². The van der Waals surface area contributed by atoms with Gasteiger partial charge < -0.3 is 15.3 Å². The topological polar surface area (TPSA) is 55.8 Å². The zero-order valence-corrected chi connectivity index (χ0v) is 15.6. The highest BCUT2D eigenvalue weighted by atomic mass is 19.1. The van der Waals surface area contributed by atoms with E-state index in [0.717, 1.165) is 44.6 Å². The molecule has 144 valence electrons.